The van der Waals surface area contributed by atoms with Crippen molar-refractivity contribution in [3.05, 3.63) is 58.7 Å². The number of hydrogen-bond donors (Lipinski definition) is 2. The third-order valence-electron chi connectivity index (χ3n) is 6.77. The number of carbonyl (C=O) groups is 2. The van der Waals surface area contributed by atoms with Gasteiger partial charge in [0.05, 0.1) is 11.1 Å². The summed E-state index contributed by atoms with van der Waals surface area (Å²) in [5.74, 6) is -0.137. The van der Waals surface area contributed by atoms with Crippen molar-refractivity contribution in [2.75, 3.05) is 65.0 Å². The quantitative estimate of drug-likeness (QED) is 0.256. The molecule has 0 heterocycles. The van der Waals surface area contributed by atoms with Crippen molar-refractivity contribution in [2.24, 2.45) is 0 Å². The Morgan fingerprint density at radius 3 is 1.33 bits per heavy atom. The first-order valence-electron chi connectivity index (χ1n) is 13.5. The van der Waals surface area contributed by atoms with Gasteiger partial charge in [0.2, 0.25) is 0 Å². The summed E-state index contributed by atoms with van der Waals surface area (Å²) >= 11 is 0. The molecule has 6 nitrogen and oxygen atoms in total. The Hall–Kier alpha value is -2.70. The summed E-state index contributed by atoms with van der Waals surface area (Å²) in [6.45, 7) is 3.80. The van der Waals surface area contributed by atoms with Crippen LogP contribution in [0.4, 0.5) is 11.4 Å². The number of hydrogen-bond acceptors (Lipinski definition) is 6. The third kappa shape index (κ3) is 7.65. The minimum atomic E-state index is -0.0685. The van der Waals surface area contributed by atoms with E-state index < -0.39 is 0 Å². The van der Waals surface area contributed by atoms with E-state index in [-0.39, 0.29) is 11.6 Å². The Morgan fingerprint density at radius 1 is 0.556 bits per heavy atom. The molecule has 3 rings (SSSR count). The molecular weight excluding hydrogens is 448 g/mol. The molecule has 6 heteroatoms. The van der Waals surface area contributed by atoms with Gasteiger partial charge in [0.25, 0.3) is 0 Å². The van der Waals surface area contributed by atoms with Crippen molar-refractivity contribution >= 4 is 22.9 Å². The fourth-order valence-corrected chi connectivity index (χ4v) is 4.78. The first-order chi connectivity index (χ1) is 17.4. The summed E-state index contributed by atoms with van der Waals surface area (Å²) in [4.78, 5) is 31.5. The molecule has 0 amide bonds. The van der Waals surface area contributed by atoms with Gasteiger partial charge in [-0.05, 0) is 79.1 Å². The Bertz CT molecular complexity index is 936. The van der Waals surface area contributed by atoms with Gasteiger partial charge in [-0.3, -0.25) is 9.59 Å². The standard InChI is InChI=1S/C30H44N4O2/c1-33(2)21-13-7-5-11-19-31-25-17-18-26(32-20-12-6-8-14-22-34(3)4)28-27(25)29(35)23-15-9-10-16-24(23)30(28)36/h9-10,15-18,31-32H,5-8,11-14,19-22H2,1-4H3. The number of fused-ring (bicyclic) bond motifs is 2. The van der Waals surface area contributed by atoms with E-state index in [0.29, 0.717) is 22.3 Å². The molecular formula is C30H44N4O2. The Kier molecular flexibility index (Phi) is 11.0. The van der Waals surface area contributed by atoms with Gasteiger partial charge in [0.1, 0.15) is 0 Å². The van der Waals surface area contributed by atoms with E-state index in [4.69, 9.17) is 0 Å². The Morgan fingerprint density at radius 2 is 0.944 bits per heavy atom. The lowest BCUT2D eigenvalue weighted by Gasteiger charge is -2.24. The summed E-state index contributed by atoms with van der Waals surface area (Å²) in [6.07, 6.45) is 9.15. The maximum atomic E-state index is 13.5. The molecule has 0 aromatic heterocycles. The molecule has 0 bridgehead atoms. The second-order valence-corrected chi connectivity index (χ2v) is 10.4. The number of anilines is 2. The zero-order valence-corrected chi connectivity index (χ0v) is 22.7. The van der Waals surface area contributed by atoms with Crippen molar-refractivity contribution < 1.29 is 9.59 Å². The predicted molar refractivity (Wildman–Crippen MR) is 151 cm³/mol. The van der Waals surface area contributed by atoms with E-state index in [2.05, 4.69) is 48.6 Å². The summed E-state index contributed by atoms with van der Waals surface area (Å²) in [5, 5.41) is 6.93. The number of benzene rings is 2. The van der Waals surface area contributed by atoms with E-state index in [1.807, 2.05) is 24.3 Å². The second-order valence-electron chi connectivity index (χ2n) is 10.4. The molecule has 2 N–H and O–H groups in total. The predicted octanol–water partition coefficient (Wildman–Crippen LogP) is 5.53. The molecule has 1 aliphatic carbocycles. The highest BCUT2D eigenvalue weighted by Gasteiger charge is 2.33. The average Bonchev–Trinajstić information content (AvgIpc) is 2.86. The number of carbonyl (C=O) groups excluding carboxylic acids is 2. The fraction of sp³-hybridized carbons (Fsp3) is 0.533. The number of nitrogens with one attached hydrogen (secondary N) is 2. The molecule has 0 saturated carbocycles. The number of nitrogens with zero attached hydrogens (tertiary/aromatic N) is 2. The maximum absolute atomic E-state index is 13.5. The lowest BCUT2D eigenvalue weighted by Crippen LogP contribution is -2.24. The highest BCUT2D eigenvalue weighted by atomic mass is 16.1. The topological polar surface area (TPSA) is 64.7 Å². The molecule has 36 heavy (non-hydrogen) atoms. The monoisotopic (exact) mass is 492 g/mol. The van der Waals surface area contributed by atoms with Gasteiger partial charge in [-0.15, -0.1) is 0 Å². The van der Waals surface area contributed by atoms with Crippen LogP contribution in [0.15, 0.2) is 36.4 Å². The lowest BCUT2D eigenvalue weighted by atomic mass is 9.82. The summed E-state index contributed by atoms with van der Waals surface area (Å²) in [5.41, 5.74) is 3.56. The van der Waals surface area contributed by atoms with Crippen LogP contribution in [-0.4, -0.2) is 75.7 Å². The van der Waals surface area contributed by atoms with E-state index >= 15 is 0 Å². The summed E-state index contributed by atoms with van der Waals surface area (Å²) in [6, 6.07) is 11.1. The Labute approximate surface area is 217 Å². The zero-order valence-electron chi connectivity index (χ0n) is 22.7. The van der Waals surface area contributed by atoms with Crippen LogP contribution in [0.5, 0.6) is 0 Å². The molecule has 0 spiro atoms. The van der Waals surface area contributed by atoms with Crippen molar-refractivity contribution in [3.8, 4) is 0 Å². The SMILES string of the molecule is CN(C)CCCCCCNc1ccc(NCCCCCCN(C)C)c2c1C(=O)c1ccccc1C2=O. The largest absolute Gasteiger partial charge is 0.384 e. The highest BCUT2D eigenvalue weighted by Crippen LogP contribution is 2.36. The van der Waals surface area contributed by atoms with E-state index in [1.54, 1.807) is 12.1 Å². The van der Waals surface area contributed by atoms with Crippen molar-refractivity contribution in [3.63, 3.8) is 0 Å². The third-order valence-corrected chi connectivity index (χ3v) is 6.77. The summed E-state index contributed by atoms with van der Waals surface area (Å²) < 4.78 is 0. The van der Waals surface area contributed by atoms with Gasteiger partial charge in [-0.2, -0.15) is 0 Å². The maximum Gasteiger partial charge on any atom is 0.196 e. The molecule has 2 aromatic rings. The van der Waals surface area contributed by atoms with E-state index in [1.165, 1.54) is 25.7 Å². The van der Waals surface area contributed by atoms with Gasteiger partial charge in [0.15, 0.2) is 11.6 Å². The van der Waals surface area contributed by atoms with Gasteiger partial charge in [-0.25, -0.2) is 0 Å². The van der Waals surface area contributed by atoms with Crippen LogP contribution < -0.4 is 10.6 Å². The molecule has 0 atom stereocenters. The van der Waals surface area contributed by atoms with Gasteiger partial charge < -0.3 is 20.4 Å². The molecule has 2 aromatic carbocycles. The lowest BCUT2D eigenvalue weighted by molar-refractivity contribution is 0.0980. The van der Waals surface area contributed by atoms with Crippen LogP contribution in [0, 0.1) is 0 Å². The van der Waals surface area contributed by atoms with Crippen LogP contribution in [-0.2, 0) is 0 Å². The van der Waals surface area contributed by atoms with E-state index in [9.17, 15) is 9.59 Å². The molecule has 196 valence electrons. The molecule has 0 unspecified atom stereocenters. The van der Waals surface area contributed by atoms with Crippen LogP contribution in [0.1, 0.15) is 83.2 Å². The summed E-state index contributed by atoms with van der Waals surface area (Å²) in [7, 11) is 8.41. The molecule has 0 saturated heterocycles. The Balaban J connectivity index is 1.67. The second kappa shape index (κ2) is 14.1. The van der Waals surface area contributed by atoms with Gasteiger partial charge >= 0.3 is 0 Å². The van der Waals surface area contributed by atoms with Gasteiger partial charge in [0, 0.05) is 35.6 Å². The molecule has 0 radical (unpaired) electrons. The smallest absolute Gasteiger partial charge is 0.196 e. The van der Waals surface area contributed by atoms with E-state index in [0.717, 1.165) is 63.2 Å². The minimum absolute atomic E-state index is 0.0685. The zero-order chi connectivity index (χ0) is 25.9. The van der Waals surface area contributed by atoms with Crippen LogP contribution in [0.25, 0.3) is 0 Å². The van der Waals surface area contributed by atoms with Crippen molar-refractivity contribution in [2.45, 2.75) is 51.4 Å². The minimum Gasteiger partial charge on any atom is -0.384 e. The highest BCUT2D eigenvalue weighted by molar-refractivity contribution is 6.31. The number of unbranched alkanes of at least 4 members (excludes halogenated alkanes) is 6. The first kappa shape index (κ1) is 27.9. The van der Waals surface area contributed by atoms with Crippen LogP contribution in [0.3, 0.4) is 0 Å². The molecule has 1 aliphatic rings. The molecule has 0 aliphatic heterocycles. The van der Waals surface area contributed by atoms with Crippen LogP contribution >= 0.6 is 0 Å². The van der Waals surface area contributed by atoms with Crippen molar-refractivity contribution in [1.29, 1.82) is 0 Å². The molecule has 0 fully saturated rings. The fourth-order valence-electron chi connectivity index (χ4n) is 4.78. The van der Waals surface area contributed by atoms with Crippen molar-refractivity contribution in [1.82, 2.24) is 9.80 Å². The van der Waals surface area contributed by atoms with Gasteiger partial charge in [-0.1, -0.05) is 49.9 Å². The van der Waals surface area contributed by atoms with Crippen LogP contribution in [0.2, 0.25) is 0 Å². The normalized spacial score (nSPS) is 12.7. The number of ketones is 2. The number of rotatable bonds is 16. The first-order valence-corrected chi connectivity index (χ1v) is 13.5. The average molecular weight is 493 g/mol.